The molecule has 4 aromatic rings. The number of aromatic hydroxyl groups is 1. The molecule has 4 rings (SSSR count). The predicted molar refractivity (Wildman–Crippen MR) is 130 cm³/mol. The van der Waals surface area contributed by atoms with Gasteiger partial charge in [0, 0.05) is 17.7 Å². The highest BCUT2D eigenvalue weighted by Crippen LogP contribution is 2.26. The number of rotatable bonds is 8. The molecule has 0 radical (unpaired) electrons. The number of hydrogen-bond donors (Lipinski definition) is 2. The van der Waals surface area contributed by atoms with E-state index in [-0.39, 0.29) is 17.4 Å². The fourth-order valence-electron chi connectivity index (χ4n) is 3.39. The van der Waals surface area contributed by atoms with Gasteiger partial charge in [0.05, 0.1) is 19.1 Å². The Hall–Kier alpha value is -3.85. The highest BCUT2D eigenvalue weighted by molar-refractivity contribution is 7.99. The zero-order valence-electron chi connectivity index (χ0n) is 18.2. The Labute approximate surface area is 195 Å². The first kappa shape index (κ1) is 22.3. The van der Waals surface area contributed by atoms with Crippen LogP contribution in [0.5, 0.6) is 11.5 Å². The Morgan fingerprint density at radius 1 is 1.15 bits per heavy atom. The molecule has 168 valence electrons. The number of aromatic nitrogens is 3. The molecule has 33 heavy (non-hydrogen) atoms. The topological polar surface area (TPSA) is 102 Å². The van der Waals surface area contributed by atoms with Gasteiger partial charge in [-0.3, -0.25) is 4.79 Å². The number of ether oxygens (including phenoxy) is 1. The molecule has 0 fully saturated rings. The van der Waals surface area contributed by atoms with Gasteiger partial charge in [0.1, 0.15) is 11.5 Å². The molecule has 8 nitrogen and oxygen atoms in total. The standard InChI is InChI=1S/C24H23N5O3S/c1-3-29-23(17-8-11-18(32-2)12-9-17)27-28-24(29)33-15-22(31)26-25-14-20-19-7-5-4-6-16(19)10-13-21(20)30/h4-14,30H,3,15H2,1-2H3,(H,26,31)/b25-14+. The summed E-state index contributed by atoms with van der Waals surface area (Å²) in [5.74, 6) is 1.44. The third kappa shape index (κ3) is 4.98. The molecule has 1 aromatic heterocycles. The lowest BCUT2D eigenvalue weighted by Crippen LogP contribution is -2.20. The summed E-state index contributed by atoms with van der Waals surface area (Å²) in [6, 6.07) is 18.7. The van der Waals surface area contributed by atoms with Gasteiger partial charge in [-0.05, 0) is 48.0 Å². The normalized spacial score (nSPS) is 11.2. The number of thioether (sulfide) groups is 1. The van der Waals surface area contributed by atoms with Crippen molar-refractivity contribution in [3.8, 4) is 22.9 Å². The molecule has 0 atom stereocenters. The molecule has 0 saturated carbocycles. The summed E-state index contributed by atoms with van der Waals surface area (Å²) in [6.07, 6.45) is 1.45. The first-order chi connectivity index (χ1) is 16.1. The zero-order valence-corrected chi connectivity index (χ0v) is 19.0. The summed E-state index contributed by atoms with van der Waals surface area (Å²) in [6.45, 7) is 2.66. The van der Waals surface area contributed by atoms with E-state index >= 15 is 0 Å². The molecular formula is C24H23N5O3S. The fourth-order valence-corrected chi connectivity index (χ4v) is 4.18. The molecule has 0 aliphatic heterocycles. The molecule has 0 spiro atoms. The molecule has 0 saturated heterocycles. The largest absolute Gasteiger partial charge is 0.507 e. The van der Waals surface area contributed by atoms with Gasteiger partial charge in [0.2, 0.25) is 0 Å². The monoisotopic (exact) mass is 461 g/mol. The third-order valence-corrected chi connectivity index (χ3v) is 6.01. The first-order valence-electron chi connectivity index (χ1n) is 10.3. The van der Waals surface area contributed by atoms with Gasteiger partial charge in [-0.2, -0.15) is 5.10 Å². The minimum Gasteiger partial charge on any atom is -0.507 e. The van der Waals surface area contributed by atoms with E-state index in [0.29, 0.717) is 17.3 Å². The van der Waals surface area contributed by atoms with Crippen LogP contribution in [0.4, 0.5) is 0 Å². The van der Waals surface area contributed by atoms with Crippen molar-refractivity contribution in [3.05, 3.63) is 66.2 Å². The quantitative estimate of drug-likeness (QED) is 0.233. The predicted octanol–water partition coefficient (Wildman–Crippen LogP) is 4.07. The maximum atomic E-state index is 12.3. The number of fused-ring (bicyclic) bond motifs is 1. The number of hydrogen-bond acceptors (Lipinski definition) is 7. The number of carbonyl (C=O) groups is 1. The molecule has 0 aliphatic rings. The molecule has 0 aliphatic carbocycles. The van der Waals surface area contributed by atoms with Crippen LogP contribution in [0, 0.1) is 0 Å². The van der Waals surface area contributed by atoms with Gasteiger partial charge in [-0.1, -0.05) is 42.1 Å². The van der Waals surface area contributed by atoms with Crippen LogP contribution in [-0.2, 0) is 11.3 Å². The minimum atomic E-state index is -0.285. The van der Waals surface area contributed by atoms with Gasteiger partial charge in [-0.15, -0.1) is 10.2 Å². The first-order valence-corrected chi connectivity index (χ1v) is 11.3. The lowest BCUT2D eigenvalue weighted by molar-refractivity contribution is -0.118. The summed E-state index contributed by atoms with van der Waals surface area (Å²) in [5, 5.41) is 25.2. The highest BCUT2D eigenvalue weighted by atomic mass is 32.2. The van der Waals surface area contributed by atoms with Crippen LogP contribution in [0.2, 0.25) is 0 Å². The molecule has 0 bridgehead atoms. The summed E-state index contributed by atoms with van der Waals surface area (Å²) in [5.41, 5.74) is 3.98. The highest BCUT2D eigenvalue weighted by Gasteiger charge is 2.14. The Bertz CT molecular complexity index is 1300. The van der Waals surface area contributed by atoms with Crippen LogP contribution in [-0.4, -0.2) is 44.9 Å². The van der Waals surface area contributed by atoms with Gasteiger partial charge >= 0.3 is 0 Å². The molecule has 9 heteroatoms. The van der Waals surface area contributed by atoms with Gasteiger partial charge in [-0.25, -0.2) is 5.43 Å². The summed E-state index contributed by atoms with van der Waals surface area (Å²) in [4.78, 5) is 12.3. The van der Waals surface area contributed by atoms with Crippen LogP contribution in [0.15, 0.2) is 70.9 Å². The van der Waals surface area contributed by atoms with Crippen LogP contribution in [0.25, 0.3) is 22.2 Å². The zero-order chi connectivity index (χ0) is 23.2. The van der Waals surface area contributed by atoms with E-state index in [4.69, 9.17) is 4.74 Å². The number of hydrazone groups is 1. The van der Waals surface area contributed by atoms with Gasteiger partial charge in [0.15, 0.2) is 11.0 Å². The molecular weight excluding hydrogens is 438 g/mol. The number of methoxy groups -OCH3 is 1. The molecule has 2 N–H and O–H groups in total. The number of phenolic OH excluding ortho intramolecular Hbond substituents is 1. The molecule has 1 heterocycles. The minimum absolute atomic E-state index is 0.100. The van der Waals surface area contributed by atoms with Crippen molar-refractivity contribution in [2.24, 2.45) is 5.10 Å². The van der Waals surface area contributed by atoms with Crippen molar-refractivity contribution in [1.82, 2.24) is 20.2 Å². The number of nitrogens with zero attached hydrogens (tertiary/aromatic N) is 4. The van der Waals surface area contributed by atoms with Crippen LogP contribution in [0.1, 0.15) is 12.5 Å². The second-order valence-electron chi connectivity index (χ2n) is 7.08. The Balaban J connectivity index is 1.40. The Kier molecular flexibility index (Phi) is 6.89. The van der Waals surface area contributed by atoms with Crippen LogP contribution in [0.3, 0.4) is 0 Å². The molecule has 0 unspecified atom stereocenters. The van der Waals surface area contributed by atoms with E-state index < -0.39 is 0 Å². The van der Waals surface area contributed by atoms with Crippen molar-refractivity contribution >= 4 is 34.7 Å². The number of amides is 1. The summed E-state index contributed by atoms with van der Waals surface area (Å²) >= 11 is 1.28. The smallest absolute Gasteiger partial charge is 0.250 e. The second-order valence-corrected chi connectivity index (χ2v) is 8.02. The summed E-state index contributed by atoms with van der Waals surface area (Å²) < 4.78 is 7.16. The van der Waals surface area contributed by atoms with Crippen molar-refractivity contribution in [2.75, 3.05) is 12.9 Å². The van der Waals surface area contributed by atoms with Crippen LogP contribution >= 0.6 is 11.8 Å². The van der Waals surface area contributed by atoms with Gasteiger partial charge < -0.3 is 14.4 Å². The Morgan fingerprint density at radius 3 is 2.70 bits per heavy atom. The van der Waals surface area contributed by atoms with E-state index in [2.05, 4.69) is 20.7 Å². The van der Waals surface area contributed by atoms with E-state index in [0.717, 1.165) is 27.9 Å². The van der Waals surface area contributed by atoms with Crippen molar-refractivity contribution in [2.45, 2.75) is 18.6 Å². The summed E-state index contributed by atoms with van der Waals surface area (Å²) in [7, 11) is 1.62. The average Bonchev–Trinajstić information content (AvgIpc) is 3.27. The lowest BCUT2D eigenvalue weighted by Gasteiger charge is -2.08. The maximum Gasteiger partial charge on any atom is 0.250 e. The van der Waals surface area contributed by atoms with E-state index in [1.807, 2.05) is 66.1 Å². The number of carbonyl (C=O) groups excluding carboxylic acids is 1. The lowest BCUT2D eigenvalue weighted by atomic mass is 10.0. The SMILES string of the molecule is CCn1c(SCC(=O)N/N=C/c2c(O)ccc3ccccc23)nnc1-c1ccc(OC)cc1. The number of nitrogens with one attached hydrogen (secondary N) is 1. The number of phenols is 1. The third-order valence-electron chi connectivity index (χ3n) is 5.04. The average molecular weight is 462 g/mol. The van der Waals surface area contributed by atoms with Crippen molar-refractivity contribution < 1.29 is 14.6 Å². The van der Waals surface area contributed by atoms with Crippen LogP contribution < -0.4 is 10.2 Å². The second kappa shape index (κ2) is 10.2. The Morgan fingerprint density at radius 2 is 1.94 bits per heavy atom. The fraction of sp³-hybridized carbons (Fsp3) is 0.167. The maximum absolute atomic E-state index is 12.3. The number of benzene rings is 3. The van der Waals surface area contributed by atoms with E-state index in [9.17, 15) is 9.90 Å². The molecule has 1 amide bonds. The van der Waals surface area contributed by atoms with Crippen molar-refractivity contribution in [3.63, 3.8) is 0 Å². The van der Waals surface area contributed by atoms with E-state index in [1.165, 1.54) is 18.0 Å². The van der Waals surface area contributed by atoms with Crippen molar-refractivity contribution in [1.29, 1.82) is 0 Å². The van der Waals surface area contributed by atoms with E-state index in [1.54, 1.807) is 13.2 Å². The van der Waals surface area contributed by atoms with Gasteiger partial charge in [0.25, 0.3) is 5.91 Å². The molecule has 3 aromatic carbocycles.